The van der Waals surface area contributed by atoms with Gasteiger partial charge < -0.3 is 19.7 Å². The fraction of sp³-hybridized carbons (Fsp3) is 0.278. The molecule has 3 aromatic carbocycles. The molecule has 2 saturated heterocycles. The van der Waals surface area contributed by atoms with Crippen molar-refractivity contribution in [3.8, 4) is 0 Å². The zero-order chi connectivity index (χ0) is 35.0. The number of carbonyl (C=O) groups excluding carboxylic acids is 4. The summed E-state index contributed by atoms with van der Waals surface area (Å²) in [5, 5.41) is 1.36. The average molecular weight is 690 g/mol. The molecule has 0 spiro atoms. The number of alkyl carbamates (subject to hydrolysis) is 1. The molecule has 13 heteroatoms. The van der Waals surface area contributed by atoms with Gasteiger partial charge in [-0.15, -0.1) is 0 Å². The van der Waals surface area contributed by atoms with E-state index in [1.54, 1.807) is 69.3 Å². The van der Waals surface area contributed by atoms with E-state index in [4.69, 9.17) is 9.47 Å². The first-order chi connectivity index (χ1) is 23.3. The van der Waals surface area contributed by atoms with Gasteiger partial charge in [0.05, 0.1) is 22.2 Å². The number of esters is 1. The standard InChI is InChI=1S/C36H33F2N3O7S/c1-36(2,3)48-35(45)39-28-32(43)41-29(34(44)47-30(21-10-6-4-7-11-21)22-12-8-5-9-13-22)24(20-49(46)33(28)41)18-23-16-17-40(31(23)42)27-15-14-25(37)19-26(27)38/h4-15,18-19,28,30,33H,16-17,20H2,1-3H3,(H,39,45). The number of anilines is 1. The minimum absolute atomic E-state index is 0.0700. The molecule has 0 aliphatic carbocycles. The number of halogens is 2. The molecule has 3 aromatic rings. The van der Waals surface area contributed by atoms with Crippen molar-refractivity contribution >= 4 is 40.4 Å². The van der Waals surface area contributed by atoms with Crippen LogP contribution in [0.15, 0.2) is 102 Å². The maximum atomic E-state index is 14.6. The lowest BCUT2D eigenvalue weighted by molar-refractivity contribution is -0.153. The van der Waals surface area contributed by atoms with Gasteiger partial charge in [0.25, 0.3) is 11.8 Å². The summed E-state index contributed by atoms with van der Waals surface area (Å²) in [6.07, 6.45) is -0.262. The van der Waals surface area contributed by atoms with Crippen LogP contribution >= 0.6 is 0 Å². The molecular weight excluding hydrogens is 656 g/mol. The molecule has 49 heavy (non-hydrogen) atoms. The molecular formula is C36H33F2N3O7S. The number of carbonyl (C=O) groups is 4. The largest absolute Gasteiger partial charge is 0.448 e. The van der Waals surface area contributed by atoms with Crippen molar-refractivity contribution in [3.05, 3.63) is 125 Å². The summed E-state index contributed by atoms with van der Waals surface area (Å²) in [5.41, 5.74) is 0.381. The maximum absolute atomic E-state index is 14.6. The van der Waals surface area contributed by atoms with Crippen LogP contribution in [0.3, 0.4) is 0 Å². The van der Waals surface area contributed by atoms with Crippen molar-refractivity contribution in [2.75, 3.05) is 17.2 Å². The Morgan fingerprint density at radius 3 is 2.20 bits per heavy atom. The first-order valence-corrected chi connectivity index (χ1v) is 16.9. The van der Waals surface area contributed by atoms with Gasteiger partial charge in [-0.1, -0.05) is 60.7 Å². The summed E-state index contributed by atoms with van der Waals surface area (Å²) in [7, 11) is -1.83. The van der Waals surface area contributed by atoms with E-state index in [9.17, 15) is 32.2 Å². The summed E-state index contributed by atoms with van der Waals surface area (Å²) < 4.78 is 53.2. The Balaban J connectivity index is 1.38. The summed E-state index contributed by atoms with van der Waals surface area (Å²) in [5.74, 6) is -4.18. The van der Waals surface area contributed by atoms with Gasteiger partial charge >= 0.3 is 12.1 Å². The smallest absolute Gasteiger partial charge is 0.408 e. The highest BCUT2D eigenvalue weighted by atomic mass is 32.2. The molecule has 3 aliphatic rings. The number of hydrogen-bond donors (Lipinski definition) is 1. The quantitative estimate of drug-likeness (QED) is 0.210. The third-order valence-electron chi connectivity index (χ3n) is 8.12. The molecule has 0 saturated carbocycles. The van der Waals surface area contributed by atoms with E-state index in [0.29, 0.717) is 17.2 Å². The Hall–Kier alpha value is -5.17. The van der Waals surface area contributed by atoms with Crippen LogP contribution in [0.25, 0.3) is 0 Å². The Bertz CT molecular complexity index is 1870. The van der Waals surface area contributed by atoms with Crippen LogP contribution in [0.2, 0.25) is 0 Å². The van der Waals surface area contributed by atoms with Gasteiger partial charge in [0.2, 0.25) is 0 Å². The van der Waals surface area contributed by atoms with Gasteiger partial charge in [-0.3, -0.25) is 18.7 Å². The molecule has 2 fully saturated rings. The van der Waals surface area contributed by atoms with Crippen LogP contribution < -0.4 is 10.2 Å². The number of fused-ring (bicyclic) bond motifs is 1. The zero-order valence-corrected chi connectivity index (χ0v) is 27.7. The lowest BCUT2D eigenvalue weighted by Gasteiger charge is -2.49. The summed E-state index contributed by atoms with van der Waals surface area (Å²) in [6, 6.07) is 19.6. The van der Waals surface area contributed by atoms with Crippen molar-refractivity contribution in [1.29, 1.82) is 0 Å². The van der Waals surface area contributed by atoms with Gasteiger partial charge in [-0.2, -0.15) is 0 Å². The van der Waals surface area contributed by atoms with Crippen LogP contribution in [0.1, 0.15) is 44.4 Å². The molecule has 3 heterocycles. The van der Waals surface area contributed by atoms with Gasteiger partial charge in [-0.25, -0.2) is 18.4 Å². The first-order valence-electron chi connectivity index (χ1n) is 15.5. The predicted molar refractivity (Wildman–Crippen MR) is 176 cm³/mol. The molecule has 0 radical (unpaired) electrons. The van der Waals surface area contributed by atoms with E-state index in [0.717, 1.165) is 21.9 Å². The molecule has 6 rings (SSSR count). The predicted octanol–water partition coefficient (Wildman–Crippen LogP) is 5.04. The van der Waals surface area contributed by atoms with E-state index in [1.807, 2.05) is 12.1 Å². The number of benzene rings is 3. The number of nitrogens with zero attached hydrogens (tertiary/aromatic N) is 2. The van der Waals surface area contributed by atoms with Crippen LogP contribution in [0.5, 0.6) is 0 Å². The fourth-order valence-corrected chi connectivity index (χ4v) is 7.60. The minimum Gasteiger partial charge on any atom is -0.448 e. The van der Waals surface area contributed by atoms with Gasteiger partial charge in [0.1, 0.15) is 34.3 Å². The topological polar surface area (TPSA) is 122 Å². The second kappa shape index (κ2) is 13.4. The molecule has 3 atom stereocenters. The average Bonchev–Trinajstić information content (AvgIpc) is 3.41. The normalized spacial score (nSPS) is 21.5. The highest BCUT2D eigenvalue weighted by Gasteiger charge is 2.58. The van der Waals surface area contributed by atoms with E-state index >= 15 is 0 Å². The van der Waals surface area contributed by atoms with Crippen LogP contribution in [0, 0.1) is 11.6 Å². The fourth-order valence-electron chi connectivity index (χ4n) is 5.98. The molecule has 3 aliphatic heterocycles. The van der Waals surface area contributed by atoms with Crippen molar-refractivity contribution in [3.63, 3.8) is 0 Å². The molecule has 0 aromatic heterocycles. The lowest BCUT2D eigenvalue weighted by atomic mass is 10.00. The molecule has 3 unspecified atom stereocenters. The number of ether oxygens (including phenoxy) is 2. The highest BCUT2D eigenvalue weighted by Crippen LogP contribution is 2.39. The minimum atomic E-state index is -1.83. The second-order valence-corrected chi connectivity index (χ2v) is 14.2. The zero-order valence-electron chi connectivity index (χ0n) is 26.9. The Kier molecular flexibility index (Phi) is 9.21. The monoisotopic (exact) mass is 689 g/mol. The second-order valence-electron chi connectivity index (χ2n) is 12.7. The van der Waals surface area contributed by atoms with Crippen molar-refractivity contribution in [2.24, 2.45) is 0 Å². The van der Waals surface area contributed by atoms with Gasteiger partial charge in [-0.05, 0) is 62.1 Å². The van der Waals surface area contributed by atoms with Crippen molar-refractivity contribution in [2.45, 2.75) is 50.3 Å². The summed E-state index contributed by atoms with van der Waals surface area (Å²) >= 11 is 0. The number of amides is 3. The third kappa shape index (κ3) is 6.89. The maximum Gasteiger partial charge on any atom is 0.408 e. The van der Waals surface area contributed by atoms with E-state index < -0.39 is 69.4 Å². The number of allylic oxidation sites excluding steroid dienone is 1. The van der Waals surface area contributed by atoms with Crippen LogP contribution in [-0.4, -0.2) is 62.3 Å². The highest BCUT2D eigenvalue weighted by molar-refractivity contribution is 7.86. The molecule has 254 valence electrons. The molecule has 0 bridgehead atoms. The van der Waals surface area contributed by atoms with E-state index in [1.165, 1.54) is 6.08 Å². The number of nitrogens with one attached hydrogen (secondary N) is 1. The van der Waals surface area contributed by atoms with Crippen LogP contribution in [0.4, 0.5) is 19.3 Å². The summed E-state index contributed by atoms with van der Waals surface area (Å²) in [6.45, 7) is 5.04. The molecule has 1 N–H and O–H groups in total. The van der Waals surface area contributed by atoms with E-state index in [2.05, 4.69) is 5.32 Å². The van der Waals surface area contributed by atoms with Crippen molar-refractivity contribution < 1.29 is 41.6 Å². The SMILES string of the molecule is CC(C)(C)OC(=O)NC1C(=O)N2C(C(=O)OC(c3ccccc3)c3ccccc3)=C(C=C3CCN(c4ccc(F)cc4F)C3=O)CS(=O)C12. The Morgan fingerprint density at radius 1 is 0.980 bits per heavy atom. The summed E-state index contributed by atoms with van der Waals surface area (Å²) in [4.78, 5) is 56.1. The first kappa shape index (κ1) is 33.7. The van der Waals surface area contributed by atoms with E-state index in [-0.39, 0.29) is 41.2 Å². The molecule has 3 amide bonds. The third-order valence-corrected chi connectivity index (χ3v) is 9.74. The van der Waals surface area contributed by atoms with Crippen LogP contribution in [-0.2, 0) is 34.7 Å². The lowest BCUT2D eigenvalue weighted by Crippen LogP contribution is -2.73. The number of β-lactam (4-membered cyclic amide) rings is 1. The number of hydrogen-bond acceptors (Lipinski definition) is 7. The van der Waals surface area contributed by atoms with Crippen molar-refractivity contribution in [1.82, 2.24) is 10.2 Å². The van der Waals surface area contributed by atoms with Gasteiger partial charge in [0.15, 0.2) is 6.10 Å². The Labute approximate surface area is 283 Å². The molecule has 10 nitrogen and oxygen atoms in total. The number of rotatable bonds is 7. The van der Waals surface area contributed by atoms with Gasteiger partial charge in [0, 0.05) is 18.2 Å². The Morgan fingerprint density at radius 2 is 1.61 bits per heavy atom.